The molecule has 0 saturated carbocycles. The van der Waals surface area contributed by atoms with Crippen LogP contribution in [0, 0.1) is 6.92 Å². The summed E-state index contributed by atoms with van der Waals surface area (Å²) in [7, 11) is 1.86. The molecule has 8 nitrogen and oxygen atoms in total. The number of amides is 1. The maximum atomic E-state index is 12.8. The molecule has 0 unspecified atom stereocenters. The topological polar surface area (TPSA) is 79.5 Å². The third kappa shape index (κ3) is 2.62. The van der Waals surface area contributed by atoms with Gasteiger partial charge in [0.05, 0.1) is 21.8 Å². The summed E-state index contributed by atoms with van der Waals surface area (Å²) in [5.41, 5.74) is 4.17. The molecule has 1 amide bonds. The fraction of sp³-hybridized carbons (Fsp3) is 0.278. The number of likely N-dealkylation sites (N-methyl/N-ethyl adjacent to an activating group) is 1. The van der Waals surface area contributed by atoms with Gasteiger partial charge in [-0.05, 0) is 37.3 Å². The highest BCUT2D eigenvalue weighted by Gasteiger charge is 2.34. The Hall–Kier alpha value is -3.07. The SMILES string of the molecule is Cc1nnc2ccc(N3CC(N(C)C(=O)c4ccc5ncsc5c4)C3)nn12. The predicted molar refractivity (Wildman–Crippen MR) is 103 cm³/mol. The molecular formula is C18H17N7OS. The highest BCUT2D eigenvalue weighted by atomic mass is 32.1. The van der Waals surface area contributed by atoms with Gasteiger partial charge in [-0.1, -0.05) is 0 Å². The van der Waals surface area contributed by atoms with Gasteiger partial charge in [-0.15, -0.1) is 26.6 Å². The molecule has 136 valence electrons. The molecule has 0 spiro atoms. The van der Waals surface area contributed by atoms with Crippen molar-refractivity contribution in [2.45, 2.75) is 13.0 Å². The number of aromatic nitrogens is 5. The van der Waals surface area contributed by atoms with E-state index in [4.69, 9.17) is 0 Å². The number of fused-ring (bicyclic) bond motifs is 2. The molecule has 1 aromatic carbocycles. The lowest BCUT2D eigenvalue weighted by Crippen LogP contribution is -2.60. The Morgan fingerprint density at radius 1 is 1.22 bits per heavy atom. The highest BCUT2D eigenvalue weighted by molar-refractivity contribution is 7.16. The molecule has 0 atom stereocenters. The van der Waals surface area contributed by atoms with Crippen LogP contribution in [-0.4, -0.2) is 61.8 Å². The highest BCUT2D eigenvalue weighted by Crippen LogP contribution is 2.24. The number of thiazole rings is 1. The quantitative estimate of drug-likeness (QED) is 0.542. The van der Waals surface area contributed by atoms with Gasteiger partial charge in [0.15, 0.2) is 11.5 Å². The van der Waals surface area contributed by atoms with Crippen molar-refractivity contribution in [3.8, 4) is 0 Å². The van der Waals surface area contributed by atoms with E-state index in [9.17, 15) is 4.79 Å². The average molecular weight is 379 g/mol. The fourth-order valence-electron chi connectivity index (χ4n) is 3.30. The predicted octanol–water partition coefficient (Wildman–Crippen LogP) is 2.00. The maximum absolute atomic E-state index is 12.8. The van der Waals surface area contributed by atoms with Crippen LogP contribution in [0.2, 0.25) is 0 Å². The van der Waals surface area contributed by atoms with Gasteiger partial charge in [0.2, 0.25) is 0 Å². The lowest BCUT2D eigenvalue weighted by atomic mass is 10.1. The first-order valence-electron chi connectivity index (χ1n) is 8.64. The van der Waals surface area contributed by atoms with E-state index in [2.05, 4.69) is 25.2 Å². The second kappa shape index (κ2) is 5.98. The smallest absolute Gasteiger partial charge is 0.254 e. The number of hydrogen-bond acceptors (Lipinski definition) is 7. The van der Waals surface area contributed by atoms with Crippen molar-refractivity contribution < 1.29 is 4.79 Å². The zero-order valence-corrected chi connectivity index (χ0v) is 15.7. The lowest BCUT2D eigenvalue weighted by Gasteiger charge is -2.44. The first kappa shape index (κ1) is 16.1. The van der Waals surface area contributed by atoms with E-state index in [1.165, 1.54) is 0 Å². The molecule has 0 N–H and O–H groups in total. The third-order valence-corrected chi connectivity index (χ3v) is 5.83. The van der Waals surface area contributed by atoms with E-state index in [1.807, 2.05) is 49.2 Å². The van der Waals surface area contributed by atoms with Crippen LogP contribution in [0.25, 0.3) is 15.9 Å². The molecule has 27 heavy (non-hydrogen) atoms. The van der Waals surface area contributed by atoms with E-state index in [-0.39, 0.29) is 11.9 Å². The number of carbonyl (C=O) groups is 1. The molecule has 0 radical (unpaired) electrons. The Labute approximate surface area is 159 Å². The Kier molecular flexibility index (Phi) is 3.57. The Balaban J connectivity index is 1.30. The van der Waals surface area contributed by atoms with Gasteiger partial charge in [-0.3, -0.25) is 4.79 Å². The van der Waals surface area contributed by atoms with Crippen LogP contribution in [-0.2, 0) is 0 Å². The number of nitrogens with zero attached hydrogens (tertiary/aromatic N) is 7. The number of anilines is 1. The number of hydrogen-bond donors (Lipinski definition) is 0. The summed E-state index contributed by atoms with van der Waals surface area (Å²) in [6.45, 7) is 3.39. The van der Waals surface area contributed by atoms with Gasteiger partial charge in [0.25, 0.3) is 5.91 Å². The summed E-state index contributed by atoms with van der Waals surface area (Å²) in [5, 5.41) is 12.7. The zero-order chi connectivity index (χ0) is 18.5. The molecular weight excluding hydrogens is 362 g/mol. The van der Waals surface area contributed by atoms with Crippen LogP contribution in [0.5, 0.6) is 0 Å². The molecule has 9 heteroatoms. The minimum absolute atomic E-state index is 0.0352. The van der Waals surface area contributed by atoms with Crippen molar-refractivity contribution >= 4 is 38.9 Å². The van der Waals surface area contributed by atoms with E-state index in [0.717, 1.165) is 40.6 Å². The van der Waals surface area contributed by atoms with Crippen LogP contribution < -0.4 is 4.90 Å². The van der Waals surface area contributed by atoms with E-state index in [1.54, 1.807) is 21.4 Å². The molecule has 4 aromatic rings. The van der Waals surface area contributed by atoms with Gasteiger partial charge in [-0.2, -0.15) is 4.52 Å². The molecule has 1 aliphatic rings. The molecule has 0 bridgehead atoms. The third-order valence-electron chi connectivity index (χ3n) is 5.04. The zero-order valence-electron chi connectivity index (χ0n) is 14.9. The second-order valence-corrected chi connectivity index (χ2v) is 7.60. The minimum Gasteiger partial charge on any atom is -0.351 e. The van der Waals surface area contributed by atoms with Gasteiger partial charge in [-0.25, -0.2) is 4.98 Å². The van der Waals surface area contributed by atoms with Crippen LogP contribution in [0.4, 0.5) is 5.82 Å². The monoisotopic (exact) mass is 379 g/mol. The average Bonchev–Trinajstić information content (AvgIpc) is 3.26. The van der Waals surface area contributed by atoms with E-state index in [0.29, 0.717) is 5.56 Å². The summed E-state index contributed by atoms with van der Waals surface area (Å²) in [5.74, 6) is 1.66. The van der Waals surface area contributed by atoms with Gasteiger partial charge in [0, 0.05) is 25.7 Å². The first-order valence-corrected chi connectivity index (χ1v) is 9.52. The summed E-state index contributed by atoms with van der Waals surface area (Å²) in [4.78, 5) is 21.1. The van der Waals surface area contributed by atoms with Crippen molar-refractivity contribution in [1.29, 1.82) is 0 Å². The maximum Gasteiger partial charge on any atom is 0.254 e. The van der Waals surface area contributed by atoms with Crippen LogP contribution in [0.1, 0.15) is 16.2 Å². The Morgan fingerprint density at radius 2 is 2.07 bits per heavy atom. The Bertz CT molecular complexity index is 1160. The van der Waals surface area contributed by atoms with Crippen molar-refractivity contribution in [2.24, 2.45) is 0 Å². The van der Waals surface area contributed by atoms with Crippen molar-refractivity contribution in [3.05, 3.63) is 47.2 Å². The van der Waals surface area contributed by atoms with Crippen molar-refractivity contribution in [1.82, 2.24) is 29.7 Å². The first-order chi connectivity index (χ1) is 13.1. The number of carbonyl (C=O) groups excluding carboxylic acids is 1. The van der Waals surface area contributed by atoms with Gasteiger partial charge < -0.3 is 9.80 Å². The largest absolute Gasteiger partial charge is 0.351 e. The Morgan fingerprint density at radius 3 is 2.93 bits per heavy atom. The second-order valence-electron chi connectivity index (χ2n) is 6.72. The molecule has 1 saturated heterocycles. The normalized spacial score (nSPS) is 14.7. The summed E-state index contributed by atoms with van der Waals surface area (Å²) < 4.78 is 2.77. The number of benzene rings is 1. The van der Waals surface area contributed by atoms with Gasteiger partial charge >= 0.3 is 0 Å². The summed E-state index contributed by atoms with van der Waals surface area (Å²) >= 11 is 1.55. The van der Waals surface area contributed by atoms with Crippen LogP contribution in [0.15, 0.2) is 35.8 Å². The van der Waals surface area contributed by atoms with E-state index < -0.39 is 0 Å². The van der Waals surface area contributed by atoms with Crippen molar-refractivity contribution in [2.75, 3.05) is 25.0 Å². The fourth-order valence-corrected chi connectivity index (χ4v) is 4.02. The molecule has 4 heterocycles. The van der Waals surface area contributed by atoms with Crippen LogP contribution >= 0.6 is 11.3 Å². The molecule has 5 rings (SSSR count). The number of aryl methyl sites for hydroxylation is 1. The van der Waals surface area contributed by atoms with Crippen LogP contribution in [0.3, 0.4) is 0 Å². The molecule has 0 aliphatic carbocycles. The lowest BCUT2D eigenvalue weighted by molar-refractivity contribution is 0.0705. The summed E-state index contributed by atoms with van der Waals surface area (Å²) in [6, 6.07) is 9.69. The standard InChI is InChI=1S/C18H17N7OS/c1-11-20-21-16-5-6-17(22-25(11)16)24-8-13(9-24)23(2)18(26)12-3-4-14-15(7-12)27-10-19-14/h3-7,10,13H,8-9H2,1-2H3. The molecule has 1 fully saturated rings. The minimum atomic E-state index is 0.0352. The molecule has 1 aliphatic heterocycles. The van der Waals surface area contributed by atoms with Crippen molar-refractivity contribution in [3.63, 3.8) is 0 Å². The summed E-state index contributed by atoms with van der Waals surface area (Å²) in [6.07, 6.45) is 0. The molecule has 3 aromatic heterocycles. The van der Waals surface area contributed by atoms with E-state index >= 15 is 0 Å². The number of rotatable bonds is 3. The van der Waals surface area contributed by atoms with Gasteiger partial charge in [0.1, 0.15) is 5.82 Å².